The van der Waals surface area contributed by atoms with Gasteiger partial charge in [0.15, 0.2) is 41.8 Å². The van der Waals surface area contributed by atoms with Crippen LogP contribution in [0.2, 0.25) is 0 Å². The highest BCUT2D eigenvalue weighted by molar-refractivity contribution is 5.90. The minimum atomic E-state index is -2.42. The van der Waals surface area contributed by atoms with Gasteiger partial charge in [0.1, 0.15) is 6.17 Å². The zero-order chi connectivity index (χ0) is 24.1. The fourth-order valence-electron chi connectivity index (χ4n) is 4.32. The van der Waals surface area contributed by atoms with Crippen LogP contribution in [0.15, 0.2) is 27.3 Å². The fraction of sp³-hybridized carbons (Fsp3) is 0.526. The Bertz CT molecular complexity index is 1220. The molecule has 5 atom stereocenters. The van der Waals surface area contributed by atoms with E-state index in [9.17, 15) is 33.5 Å². The SMILES string of the molecule is Cc1oc(=O)oc1COC(=O)N[C@]1(C(=O)O)[C@H]2[C@@H](C[C@@H]1F)[C@@H]2C(=O)OCc1oc(=O)oc1C. The topological polar surface area (TPSA) is 189 Å². The quantitative estimate of drug-likeness (QED) is 0.541. The first-order valence-electron chi connectivity index (χ1n) is 9.72. The first-order chi connectivity index (χ1) is 15.5. The van der Waals surface area contributed by atoms with E-state index >= 15 is 0 Å². The van der Waals surface area contributed by atoms with E-state index in [2.05, 4.69) is 13.3 Å². The third-order valence-corrected chi connectivity index (χ3v) is 5.95. The van der Waals surface area contributed by atoms with Crippen LogP contribution in [-0.4, -0.2) is 34.8 Å². The summed E-state index contributed by atoms with van der Waals surface area (Å²) in [6.45, 7) is 1.81. The molecule has 1 amide bonds. The Kier molecular flexibility index (Phi) is 5.38. The largest absolute Gasteiger partial charge is 0.519 e. The smallest absolute Gasteiger partial charge is 0.479 e. The first kappa shape index (κ1) is 22.4. The van der Waals surface area contributed by atoms with Crippen molar-refractivity contribution in [3.63, 3.8) is 0 Å². The van der Waals surface area contributed by atoms with Crippen molar-refractivity contribution in [2.24, 2.45) is 17.8 Å². The standard InChI is InChI=1S/C19H18FNO12/c1-6-9(32-17(26)30-6)4-28-14(22)12-8-3-11(20)19(13(8)12,15(23)24)21-16(25)29-5-10-7(2)31-18(27)33-10/h8,11-13H,3-5H2,1-2H3,(H,21,25)(H,23,24)/t8-,11-,12-,13-,19-/m0/s1. The molecule has 2 aromatic rings. The molecule has 2 heterocycles. The summed E-state index contributed by atoms with van der Waals surface area (Å²) >= 11 is 0. The van der Waals surface area contributed by atoms with E-state index in [1.807, 2.05) is 5.32 Å². The summed E-state index contributed by atoms with van der Waals surface area (Å²) in [6, 6.07) is 0. The lowest BCUT2D eigenvalue weighted by Crippen LogP contribution is -2.61. The Morgan fingerprint density at radius 2 is 1.58 bits per heavy atom. The lowest BCUT2D eigenvalue weighted by atomic mass is 9.88. The van der Waals surface area contributed by atoms with Crippen molar-refractivity contribution in [1.82, 2.24) is 5.32 Å². The number of carbonyl (C=O) groups excluding carboxylic acids is 2. The number of carboxylic acids is 1. The number of aryl methyl sites for hydroxylation is 2. The molecule has 2 aromatic heterocycles. The summed E-state index contributed by atoms with van der Waals surface area (Å²) in [5, 5.41) is 11.8. The highest BCUT2D eigenvalue weighted by Gasteiger charge is 2.77. The van der Waals surface area contributed by atoms with Crippen molar-refractivity contribution < 1.29 is 51.0 Å². The summed E-state index contributed by atoms with van der Waals surface area (Å²) < 4.78 is 43.3. The van der Waals surface area contributed by atoms with E-state index in [0.717, 1.165) is 0 Å². The van der Waals surface area contributed by atoms with E-state index in [4.69, 9.17) is 13.9 Å². The van der Waals surface area contributed by atoms with E-state index in [1.165, 1.54) is 13.8 Å². The zero-order valence-electron chi connectivity index (χ0n) is 17.2. The van der Waals surface area contributed by atoms with Crippen molar-refractivity contribution in [3.8, 4) is 0 Å². The maximum absolute atomic E-state index is 14.8. The van der Waals surface area contributed by atoms with Crippen LogP contribution in [0.5, 0.6) is 0 Å². The molecule has 2 saturated carbocycles. The Morgan fingerprint density at radius 1 is 1.03 bits per heavy atom. The van der Waals surface area contributed by atoms with E-state index < -0.39 is 72.4 Å². The lowest BCUT2D eigenvalue weighted by molar-refractivity contribution is -0.152. The Balaban J connectivity index is 1.43. The van der Waals surface area contributed by atoms with Crippen LogP contribution >= 0.6 is 0 Å². The lowest BCUT2D eigenvalue weighted by Gasteiger charge is -2.30. The van der Waals surface area contributed by atoms with Crippen LogP contribution in [-0.2, 0) is 32.3 Å². The van der Waals surface area contributed by atoms with Gasteiger partial charge in [-0.05, 0) is 26.2 Å². The second-order valence-corrected chi connectivity index (χ2v) is 7.77. The molecule has 14 heteroatoms. The molecular weight excluding hydrogens is 453 g/mol. The Hall–Kier alpha value is -3.84. The molecule has 0 spiro atoms. The van der Waals surface area contributed by atoms with Gasteiger partial charge in [-0.1, -0.05) is 0 Å². The molecule has 0 radical (unpaired) electrons. The van der Waals surface area contributed by atoms with Gasteiger partial charge in [0.25, 0.3) is 0 Å². The molecule has 178 valence electrons. The summed E-state index contributed by atoms with van der Waals surface area (Å²) in [6.07, 6.45) is -3.59. The van der Waals surface area contributed by atoms with Gasteiger partial charge < -0.3 is 37.6 Å². The number of hydrogen-bond acceptors (Lipinski definition) is 11. The highest BCUT2D eigenvalue weighted by atomic mass is 19.1. The van der Waals surface area contributed by atoms with Crippen LogP contribution in [0, 0.1) is 31.6 Å². The normalized spacial score (nSPS) is 27.6. The maximum Gasteiger partial charge on any atom is 0.519 e. The number of hydrogen-bond donors (Lipinski definition) is 2. The minimum Gasteiger partial charge on any atom is -0.479 e. The number of ether oxygens (including phenoxy) is 2. The number of aliphatic carboxylic acids is 1. The molecule has 0 bridgehead atoms. The molecular formula is C19H18FNO12. The Morgan fingerprint density at radius 3 is 2.06 bits per heavy atom. The molecule has 33 heavy (non-hydrogen) atoms. The van der Waals surface area contributed by atoms with E-state index in [-0.39, 0.29) is 29.5 Å². The average molecular weight is 471 g/mol. The number of alkyl carbamates (subject to hydrolysis) is 1. The molecule has 4 rings (SSSR count). The molecule has 2 N–H and O–H groups in total. The summed E-state index contributed by atoms with van der Waals surface area (Å²) in [5.74, 6) is -7.23. The summed E-state index contributed by atoms with van der Waals surface area (Å²) in [4.78, 5) is 58.9. The number of fused-ring (bicyclic) bond motifs is 1. The number of amides is 1. The zero-order valence-corrected chi connectivity index (χ0v) is 17.2. The van der Waals surface area contributed by atoms with E-state index in [0.29, 0.717) is 0 Å². The van der Waals surface area contributed by atoms with Crippen LogP contribution in [0.3, 0.4) is 0 Å². The number of alkyl halides is 1. The van der Waals surface area contributed by atoms with Gasteiger partial charge >= 0.3 is 29.7 Å². The fourth-order valence-corrected chi connectivity index (χ4v) is 4.32. The predicted molar refractivity (Wildman–Crippen MR) is 97.4 cm³/mol. The van der Waals surface area contributed by atoms with Crippen molar-refractivity contribution >= 4 is 18.0 Å². The molecule has 13 nitrogen and oxygen atoms in total. The first-order valence-corrected chi connectivity index (χ1v) is 9.72. The third-order valence-electron chi connectivity index (χ3n) is 5.95. The van der Waals surface area contributed by atoms with Gasteiger partial charge in [-0.25, -0.2) is 23.6 Å². The molecule has 0 unspecified atom stereocenters. The van der Waals surface area contributed by atoms with Gasteiger partial charge in [0.05, 0.1) is 5.92 Å². The molecule has 0 saturated heterocycles. The van der Waals surface area contributed by atoms with Crippen molar-refractivity contribution in [3.05, 3.63) is 44.3 Å². The number of esters is 1. The van der Waals surface area contributed by atoms with E-state index in [1.54, 1.807) is 0 Å². The molecule has 2 aliphatic carbocycles. The summed E-state index contributed by atoms with van der Waals surface area (Å²) in [5.41, 5.74) is -2.42. The van der Waals surface area contributed by atoms with Crippen LogP contribution in [0.1, 0.15) is 29.5 Å². The van der Waals surface area contributed by atoms with Crippen molar-refractivity contribution in [1.29, 1.82) is 0 Å². The van der Waals surface area contributed by atoms with Gasteiger partial charge in [-0.2, -0.15) is 0 Å². The number of nitrogens with one attached hydrogen (secondary N) is 1. The van der Waals surface area contributed by atoms with Gasteiger partial charge in [-0.3, -0.25) is 4.79 Å². The van der Waals surface area contributed by atoms with Crippen LogP contribution < -0.4 is 17.0 Å². The number of carboxylic acid groups (broad SMARTS) is 1. The van der Waals surface area contributed by atoms with Gasteiger partial charge in [0.2, 0.25) is 0 Å². The second kappa shape index (κ2) is 7.94. The summed E-state index contributed by atoms with van der Waals surface area (Å²) in [7, 11) is 0. The van der Waals surface area contributed by atoms with Crippen LogP contribution in [0.4, 0.5) is 9.18 Å². The molecule has 0 aliphatic heterocycles. The van der Waals surface area contributed by atoms with Gasteiger partial charge in [0, 0.05) is 5.92 Å². The number of carbonyl (C=O) groups is 3. The second-order valence-electron chi connectivity index (χ2n) is 7.77. The average Bonchev–Trinajstić information content (AvgIpc) is 3.03. The number of halogens is 1. The highest BCUT2D eigenvalue weighted by Crippen LogP contribution is 2.63. The maximum atomic E-state index is 14.8. The Labute approximate surface area is 182 Å². The van der Waals surface area contributed by atoms with Crippen molar-refractivity contribution in [2.45, 2.75) is 45.2 Å². The number of rotatable bonds is 7. The van der Waals surface area contributed by atoms with Crippen LogP contribution in [0.25, 0.3) is 0 Å². The van der Waals surface area contributed by atoms with Gasteiger partial charge in [-0.15, -0.1) is 0 Å². The molecule has 0 aromatic carbocycles. The third kappa shape index (κ3) is 3.81. The van der Waals surface area contributed by atoms with Crippen molar-refractivity contribution in [2.75, 3.05) is 0 Å². The molecule has 2 aliphatic rings. The monoisotopic (exact) mass is 471 g/mol. The molecule has 2 fully saturated rings. The minimum absolute atomic E-state index is 0.0186. The predicted octanol–water partition coefficient (Wildman–Crippen LogP) is 0.793.